The van der Waals surface area contributed by atoms with Gasteiger partial charge in [-0.25, -0.2) is 0 Å². The molecule has 29 heavy (non-hydrogen) atoms. The third-order valence-corrected chi connectivity index (χ3v) is 6.61. The van der Waals surface area contributed by atoms with Gasteiger partial charge in [0.2, 0.25) is 5.91 Å². The Morgan fingerprint density at radius 2 is 1.76 bits per heavy atom. The van der Waals surface area contributed by atoms with Crippen LogP contribution >= 0.6 is 23.2 Å². The Hall–Kier alpha value is -2.04. The molecule has 0 N–H and O–H groups in total. The minimum Gasteiger partial charge on any atom is -0.384 e. The average molecular weight is 429 g/mol. The molecule has 0 radical (unpaired) electrons. The molecule has 2 aromatic carbocycles. The number of amides is 1. The van der Waals surface area contributed by atoms with Gasteiger partial charge in [0, 0.05) is 47.0 Å². The van der Waals surface area contributed by atoms with Crippen molar-refractivity contribution in [3.8, 4) is 0 Å². The van der Waals surface area contributed by atoms with Crippen molar-refractivity contribution >= 4 is 34.8 Å². The van der Waals surface area contributed by atoms with Gasteiger partial charge in [0.1, 0.15) is 0 Å². The number of hydrogen-bond acceptors (Lipinski definition) is 3. The van der Waals surface area contributed by atoms with Crippen LogP contribution in [0.1, 0.15) is 48.8 Å². The van der Waals surface area contributed by atoms with E-state index in [0.717, 1.165) is 42.8 Å². The van der Waals surface area contributed by atoms with Gasteiger partial charge < -0.3 is 9.74 Å². The van der Waals surface area contributed by atoms with Crippen LogP contribution in [0.25, 0.3) is 0 Å². The van der Waals surface area contributed by atoms with E-state index in [4.69, 9.17) is 28.0 Å². The fourth-order valence-electron chi connectivity index (χ4n) is 4.11. The summed E-state index contributed by atoms with van der Waals surface area (Å²) >= 11 is 12.3. The van der Waals surface area contributed by atoms with E-state index in [9.17, 15) is 4.79 Å². The van der Waals surface area contributed by atoms with Gasteiger partial charge >= 0.3 is 0 Å². The van der Waals surface area contributed by atoms with Crippen LogP contribution in [0.5, 0.6) is 0 Å². The molecular weight excluding hydrogens is 407 g/mol. The van der Waals surface area contributed by atoms with Crippen molar-refractivity contribution in [2.24, 2.45) is 11.1 Å². The molecule has 4 nitrogen and oxygen atoms in total. The highest BCUT2D eigenvalue weighted by molar-refractivity contribution is 6.34. The second-order valence-corrected chi connectivity index (χ2v) is 9.40. The first-order valence-corrected chi connectivity index (χ1v) is 10.8. The van der Waals surface area contributed by atoms with Crippen molar-refractivity contribution in [1.82, 2.24) is 4.90 Å². The minimum absolute atomic E-state index is 0.308. The van der Waals surface area contributed by atoms with Crippen molar-refractivity contribution in [2.45, 2.75) is 37.7 Å². The summed E-state index contributed by atoms with van der Waals surface area (Å²) in [7, 11) is 0. The first-order chi connectivity index (χ1) is 13.9. The van der Waals surface area contributed by atoms with Gasteiger partial charge in [-0.3, -0.25) is 4.79 Å². The van der Waals surface area contributed by atoms with Crippen LogP contribution < -0.4 is 0 Å². The molecule has 1 atom stereocenters. The van der Waals surface area contributed by atoms with Crippen LogP contribution in [0.15, 0.2) is 47.6 Å². The minimum atomic E-state index is -0.583. The monoisotopic (exact) mass is 428 g/mol. The molecule has 1 saturated carbocycles. The van der Waals surface area contributed by atoms with Crippen molar-refractivity contribution < 1.29 is 9.63 Å². The quantitative estimate of drug-likeness (QED) is 0.656. The van der Waals surface area contributed by atoms with E-state index in [2.05, 4.69) is 29.4 Å². The largest absolute Gasteiger partial charge is 0.384 e. The lowest BCUT2D eigenvalue weighted by molar-refractivity contribution is -0.137. The number of benzene rings is 2. The summed E-state index contributed by atoms with van der Waals surface area (Å²) in [6.45, 7) is 3.68. The summed E-state index contributed by atoms with van der Waals surface area (Å²) in [5.41, 5.74) is 3.57. The molecule has 1 unspecified atom stereocenters. The number of halogens is 2. The summed E-state index contributed by atoms with van der Waals surface area (Å²) in [6.07, 6.45) is 2.79. The fraction of sp³-hybridized carbons (Fsp3) is 0.391. The fourth-order valence-corrected chi connectivity index (χ4v) is 4.64. The van der Waals surface area contributed by atoms with Gasteiger partial charge in [0.05, 0.1) is 5.71 Å². The van der Waals surface area contributed by atoms with Crippen LogP contribution in [0, 0.1) is 5.92 Å². The maximum absolute atomic E-state index is 12.1. The Morgan fingerprint density at radius 1 is 1.10 bits per heavy atom. The van der Waals surface area contributed by atoms with Crippen molar-refractivity contribution in [3.05, 3.63) is 69.2 Å². The third kappa shape index (κ3) is 3.64. The lowest BCUT2D eigenvalue weighted by Gasteiger charge is -2.39. The van der Waals surface area contributed by atoms with Crippen LogP contribution in [0.3, 0.4) is 0 Å². The molecule has 3 aliphatic rings. The maximum atomic E-state index is 12.1. The van der Waals surface area contributed by atoms with Gasteiger partial charge in [-0.1, -0.05) is 52.6 Å². The summed E-state index contributed by atoms with van der Waals surface area (Å²) in [5, 5.41) is 5.52. The van der Waals surface area contributed by atoms with Crippen LogP contribution in [-0.4, -0.2) is 29.6 Å². The van der Waals surface area contributed by atoms with E-state index < -0.39 is 5.60 Å². The standard InChI is InChI=1S/C23H22Cl2N2O2/c1-23(18-8-19(24)10-20(25)9-18)11-21(26-29-23)15-4-2-14(3-5-15)17-12-27(13-17)22(28)16-6-7-16/h2-5,8-10,16-17H,6-7,11-13H2,1H3. The Morgan fingerprint density at radius 3 is 2.38 bits per heavy atom. The van der Waals surface area contributed by atoms with Crippen molar-refractivity contribution in [1.29, 1.82) is 0 Å². The van der Waals surface area contributed by atoms with Crippen LogP contribution in [0.4, 0.5) is 0 Å². The highest BCUT2D eigenvalue weighted by Crippen LogP contribution is 2.39. The average Bonchev–Trinajstić information content (AvgIpc) is 3.42. The number of carbonyl (C=O) groups excluding carboxylic acids is 1. The zero-order valence-corrected chi connectivity index (χ0v) is 17.7. The van der Waals surface area contributed by atoms with E-state index in [0.29, 0.717) is 34.2 Å². The van der Waals surface area contributed by atoms with Gasteiger partial charge in [0.25, 0.3) is 0 Å². The first kappa shape index (κ1) is 19.0. The summed E-state index contributed by atoms with van der Waals surface area (Å²) in [4.78, 5) is 19.9. The zero-order chi connectivity index (χ0) is 20.2. The molecule has 1 amide bonds. The third-order valence-electron chi connectivity index (χ3n) is 6.17. The molecule has 2 fully saturated rings. The molecule has 2 heterocycles. The molecule has 1 aliphatic carbocycles. The molecule has 0 aromatic heterocycles. The number of carbonyl (C=O) groups is 1. The molecule has 2 aliphatic heterocycles. The Bertz CT molecular complexity index is 974. The first-order valence-electron chi connectivity index (χ1n) is 10.0. The second-order valence-electron chi connectivity index (χ2n) is 8.53. The van der Waals surface area contributed by atoms with Gasteiger partial charge in [0.15, 0.2) is 5.60 Å². The van der Waals surface area contributed by atoms with E-state index in [1.54, 1.807) is 6.07 Å². The summed E-state index contributed by atoms with van der Waals surface area (Å²) in [6, 6.07) is 14.0. The molecule has 150 valence electrons. The Kier molecular flexibility index (Phi) is 4.60. The molecule has 2 aromatic rings. The van der Waals surface area contributed by atoms with Crippen LogP contribution in [0.2, 0.25) is 10.0 Å². The van der Waals surface area contributed by atoms with Crippen molar-refractivity contribution in [3.63, 3.8) is 0 Å². The topological polar surface area (TPSA) is 41.9 Å². The van der Waals surface area contributed by atoms with E-state index in [1.165, 1.54) is 5.56 Å². The van der Waals surface area contributed by atoms with E-state index in [-0.39, 0.29) is 0 Å². The normalized spacial score (nSPS) is 24.1. The highest BCUT2D eigenvalue weighted by atomic mass is 35.5. The number of rotatable bonds is 4. The maximum Gasteiger partial charge on any atom is 0.225 e. The molecule has 1 saturated heterocycles. The number of oxime groups is 1. The summed E-state index contributed by atoms with van der Waals surface area (Å²) in [5.74, 6) is 1.09. The van der Waals surface area contributed by atoms with E-state index >= 15 is 0 Å². The predicted molar refractivity (Wildman–Crippen MR) is 115 cm³/mol. The lowest BCUT2D eigenvalue weighted by Crippen LogP contribution is -2.49. The number of nitrogens with zero attached hydrogens (tertiary/aromatic N) is 2. The SMILES string of the molecule is CC1(c2cc(Cl)cc(Cl)c2)CC(c2ccc(C3CN(C(=O)C4CC4)C3)cc2)=NO1. The Balaban J connectivity index is 1.25. The summed E-state index contributed by atoms with van der Waals surface area (Å²) < 4.78 is 0. The number of hydrogen-bond donors (Lipinski definition) is 0. The molecular formula is C23H22Cl2N2O2. The van der Waals surface area contributed by atoms with Gasteiger partial charge in [-0.15, -0.1) is 0 Å². The highest BCUT2D eigenvalue weighted by Gasteiger charge is 2.40. The van der Waals surface area contributed by atoms with Crippen molar-refractivity contribution in [2.75, 3.05) is 13.1 Å². The van der Waals surface area contributed by atoms with Gasteiger partial charge in [-0.2, -0.15) is 0 Å². The smallest absolute Gasteiger partial charge is 0.225 e. The Labute approximate surface area is 180 Å². The van der Waals surface area contributed by atoms with E-state index in [1.807, 2.05) is 24.0 Å². The number of likely N-dealkylation sites (tertiary alicyclic amines) is 1. The lowest BCUT2D eigenvalue weighted by atomic mass is 9.87. The molecule has 0 spiro atoms. The molecule has 6 heteroatoms. The van der Waals surface area contributed by atoms with Crippen LogP contribution in [-0.2, 0) is 15.2 Å². The second kappa shape index (κ2) is 7.03. The zero-order valence-electron chi connectivity index (χ0n) is 16.2. The molecule has 0 bridgehead atoms. The van der Waals surface area contributed by atoms with Gasteiger partial charge in [-0.05, 0) is 49.1 Å². The predicted octanol–water partition coefficient (Wildman–Crippen LogP) is 5.37. The molecule has 5 rings (SSSR count).